The molecule has 0 atom stereocenters. The number of hydrogen-bond donors (Lipinski definition) is 1. The molecule has 0 spiro atoms. The molecular formula is C9H14N2O3. The molecule has 1 aromatic rings. The van der Waals surface area contributed by atoms with Crippen LogP contribution in [0.4, 0.5) is 0 Å². The molecule has 0 aliphatic carbocycles. The van der Waals surface area contributed by atoms with Crippen molar-refractivity contribution in [1.29, 1.82) is 0 Å². The Labute approximate surface area is 82.4 Å². The van der Waals surface area contributed by atoms with Gasteiger partial charge in [-0.1, -0.05) is 0 Å². The number of imidazole rings is 1. The fourth-order valence-corrected chi connectivity index (χ4v) is 0.863. The van der Waals surface area contributed by atoms with Gasteiger partial charge in [0.05, 0.1) is 25.2 Å². The van der Waals surface area contributed by atoms with E-state index in [2.05, 4.69) is 9.97 Å². The number of hydrogen-bond acceptors (Lipinski definition) is 4. The minimum Gasteiger partial charge on any atom is -0.459 e. The molecule has 5 heteroatoms. The lowest BCUT2D eigenvalue weighted by molar-refractivity contribution is 0.0173. The standard InChI is InChI=1S/C9H14N2O3/c1-7(2)13-3-4-14-9(12)8-5-10-6-11-8/h5-7H,3-4H2,1-2H3,(H,10,11). The molecule has 5 nitrogen and oxygen atoms in total. The Balaban J connectivity index is 2.16. The van der Waals surface area contributed by atoms with Gasteiger partial charge in [0.25, 0.3) is 0 Å². The molecule has 0 fully saturated rings. The van der Waals surface area contributed by atoms with Crippen LogP contribution in [0.1, 0.15) is 24.3 Å². The quantitative estimate of drug-likeness (QED) is 0.566. The zero-order valence-corrected chi connectivity index (χ0v) is 8.32. The lowest BCUT2D eigenvalue weighted by atomic mass is 10.5. The van der Waals surface area contributed by atoms with Crippen molar-refractivity contribution in [2.24, 2.45) is 0 Å². The van der Waals surface area contributed by atoms with Gasteiger partial charge in [-0.3, -0.25) is 0 Å². The van der Waals surface area contributed by atoms with Gasteiger partial charge in [0.2, 0.25) is 0 Å². The Morgan fingerprint density at radius 1 is 1.57 bits per heavy atom. The molecule has 0 aliphatic heterocycles. The number of carbonyl (C=O) groups is 1. The van der Waals surface area contributed by atoms with Crippen molar-refractivity contribution in [1.82, 2.24) is 9.97 Å². The van der Waals surface area contributed by atoms with Crippen molar-refractivity contribution >= 4 is 5.97 Å². The number of aromatic amines is 1. The van der Waals surface area contributed by atoms with Crippen molar-refractivity contribution in [3.05, 3.63) is 18.2 Å². The molecule has 1 aromatic heterocycles. The zero-order chi connectivity index (χ0) is 10.4. The Hall–Kier alpha value is -1.36. The van der Waals surface area contributed by atoms with Crippen LogP contribution in [-0.4, -0.2) is 35.3 Å². The van der Waals surface area contributed by atoms with Gasteiger partial charge in [-0.15, -0.1) is 0 Å². The van der Waals surface area contributed by atoms with E-state index in [9.17, 15) is 4.79 Å². The molecule has 14 heavy (non-hydrogen) atoms. The first-order valence-electron chi connectivity index (χ1n) is 4.47. The third-order valence-electron chi connectivity index (χ3n) is 1.49. The molecule has 1 N–H and O–H groups in total. The van der Waals surface area contributed by atoms with Crippen LogP contribution >= 0.6 is 0 Å². The summed E-state index contributed by atoms with van der Waals surface area (Å²) in [7, 11) is 0. The molecular weight excluding hydrogens is 184 g/mol. The maximum Gasteiger partial charge on any atom is 0.356 e. The maximum atomic E-state index is 11.2. The minimum atomic E-state index is -0.408. The zero-order valence-electron chi connectivity index (χ0n) is 8.32. The summed E-state index contributed by atoms with van der Waals surface area (Å²) in [5.74, 6) is -0.408. The van der Waals surface area contributed by atoms with Crippen LogP contribution < -0.4 is 0 Å². The van der Waals surface area contributed by atoms with Gasteiger partial charge >= 0.3 is 5.97 Å². The van der Waals surface area contributed by atoms with Crippen LogP contribution in [0.15, 0.2) is 12.5 Å². The molecule has 0 radical (unpaired) electrons. The summed E-state index contributed by atoms with van der Waals surface area (Å²) in [6.07, 6.45) is 3.01. The highest BCUT2D eigenvalue weighted by atomic mass is 16.6. The van der Waals surface area contributed by atoms with Crippen LogP contribution in [0.3, 0.4) is 0 Å². The van der Waals surface area contributed by atoms with Crippen molar-refractivity contribution in [3.8, 4) is 0 Å². The van der Waals surface area contributed by atoms with E-state index in [1.54, 1.807) is 0 Å². The number of ether oxygens (including phenoxy) is 2. The van der Waals surface area contributed by atoms with E-state index in [0.717, 1.165) is 0 Å². The average Bonchev–Trinajstić information content (AvgIpc) is 2.64. The third kappa shape index (κ3) is 3.57. The summed E-state index contributed by atoms with van der Waals surface area (Å²) in [5, 5.41) is 0. The Kier molecular flexibility index (Phi) is 4.12. The van der Waals surface area contributed by atoms with Crippen LogP contribution in [-0.2, 0) is 9.47 Å². The highest BCUT2D eigenvalue weighted by molar-refractivity contribution is 5.86. The van der Waals surface area contributed by atoms with Gasteiger partial charge in [-0.2, -0.15) is 0 Å². The van der Waals surface area contributed by atoms with Crippen molar-refractivity contribution in [2.75, 3.05) is 13.2 Å². The summed E-state index contributed by atoms with van der Waals surface area (Å²) in [4.78, 5) is 17.6. The van der Waals surface area contributed by atoms with Crippen LogP contribution in [0.25, 0.3) is 0 Å². The number of aromatic nitrogens is 2. The predicted molar refractivity (Wildman–Crippen MR) is 50.0 cm³/mol. The van der Waals surface area contributed by atoms with Gasteiger partial charge in [0.15, 0.2) is 0 Å². The number of rotatable bonds is 5. The largest absolute Gasteiger partial charge is 0.459 e. The fourth-order valence-electron chi connectivity index (χ4n) is 0.863. The summed E-state index contributed by atoms with van der Waals surface area (Å²) in [6.45, 7) is 4.53. The van der Waals surface area contributed by atoms with Crippen molar-refractivity contribution in [3.63, 3.8) is 0 Å². The van der Waals surface area contributed by atoms with Gasteiger partial charge in [0, 0.05) is 0 Å². The lowest BCUT2D eigenvalue weighted by Crippen LogP contribution is -2.13. The number of carbonyl (C=O) groups excluding carboxylic acids is 1. The normalized spacial score (nSPS) is 10.5. The van der Waals surface area contributed by atoms with E-state index in [1.165, 1.54) is 12.5 Å². The second kappa shape index (κ2) is 5.39. The molecule has 0 aromatic carbocycles. The summed E-state index contributed by atoms with van der Waals surface area (Å²) in [6, 6.07) is 0. The Bertz CT molecular complexity index is 270. The first-order valence-corrected chi connectivity index (χ1v) is 4.47. The van der Waals surface area contributed by atoms with Crippen molar-refractivity contribution in [2.45, 2.75) is 20.0 Å². The van der Waals surface area contributed by atoms with E-state index in [4.69, 9.17) is 9.47 Å². The topological polar surface area (TPSA) is 64.2 Å². The van der Waals surface area contributed by atoms with Gasteiger partial charge in [-0.05, 0) is 13.8 Å². The van der Waals surface area contributed by atoms with Gasteiger partial charge in [-0.25, -0.2) is 9.78 Å². The molecule has 0 amide bonds. The summed E-state index contributed by atoms with van der Waals surface area (Å²) >= 11 is 0. The summed E-state index contributed by atoms with van der Waals surface area (Å²) in [5.41, 5.74) is 0.356. The minimum absolute atomic E-state index is 0.154. The molecule has 0 unspecified atom stereocenters. The van der Waals surface area contributed by atoms with Crippen molar-refractivity contribution < 1.29 is 14.3 Å². The first-order chi connectivity index (χ1) is 6.70. The number of nitrogens with zero attached hydrogens (tertiary/aromatic N) is 1. The smallest absolute Gasteiger partial charge is 0.356 e. The highest BCUT2D eigenvalue weighted by Crippen LogP contribution is 1.95. The molecule has 0 saturated carbocycles. The fraction of sp³-hybridized carbons (Fsp3) is 0.556. The number of nitrogens with one attached hydrogen (secondary N) is 1. The summed E-state index contributed by atoms with van der Waals surface area (Å²) < 4.78 is 10.1. The molecule has 0 saturated heterocycles. The SMILES string of the molecule is CC(C)OCCOC(=O)c1cnc[nH]1. The van der Waals surface area contributed by atoms with Crippen LogP contribution in [0.2, 0.25) is 0 Å². The molecule has 1 rings (SSSR count). The number of esters is 1. The molecule has 0 bridgehead atoms. The number of H-pyrrole nitrogens is 1. The van der Waals surface area contributed by atoms with E-state index in [0.29, 0.717) is 12.3 Å². The van der Waals surface area contributed by atoms with E-state index >= 15 is 0 Å². The first kappa shape index (κ1) is 10.7. The van der Waals surface area contributed by atoms with Gasteiger partial charge < -0.3 is 14.5 Å². The lowest BCUT2D eigenvalue weighted by Gasteiger charge is -2.07. The van der Waals surface area contributed by atoms with Crippen LogP contribution in [0.5, 0.6) is 0 Å². The van der Waals surface area contributed by atoms with E-state index in [1.807, 2.05) is 13.8 Å². The second-order valence-corrected chi connectivity index (χ2v) is 3.02. The second-order valence-electron chi connectivity index (χ2n) is 3.02. The van der Waals surface area contributed by atoms with E-state index in [-0.39, 0.29) is 12.7 Å². The molecule has 0 aliphatic rings. The predicted octanol–water partition coefficient (Wildman–Crippen LogP) is 0.992. The Morgan fingerprint density at radius 3 is 2.93 bits per heavy atom. The monoisotopic (exact) mass is 198 g/mol. The molecule has 78 valence electrons. The third-order valence-corrected chi connectivity index (χ3v) is 1.49. The highest BCUT2D eigenvalue weighted by Gasteiger charge is 2.07. The maximum absolute atomic E-state index is 11.2. The van der Waals surface area contributed by atoms with E-state index < -0.39 is 5.97 Å². The Morgan fingerprint density at radius 2 is 2.36 bits per heavy atom. The average molecular weight is 198 g/mol. The van der Waals surface area contributed by atoms with Crippen LogP contribution in [0, 0.1) is 0 Å². The van der Waals surface area contributed by atoms with Gasteiger partial charge in [0.1, 0.15) is 12.3 Å². The molecule has 1 heterocycles.